The normalized spacial score (nSPS) is 13.4. The summed E-state index contributed by atoms with van der Waals surface area (Å²) in [6, 6.07) is 15.1. The van der Waals surface area contributed by atoms with E-state index in [0.717, 1.165) is 41.0 Å². The Labute approximate surface area is 275 Å². The molecular formula is C36H44N6O3S. The third-order valence-electron chi connectivity index (χ3n) is 8.67. The summed E-state index contributed by atoms with van der Waals surface area (Å²) in [6.07, 6.45) is 6.15. The number of rotatable bonds is 10. The number of thiophene rings is 1. The van der Waals surface area contributed by atoms with E-state index in [-0.39, 0.29) is 29.2 Å². The molecule has 0 saturated heterocycles. The number of amides is 2. The second-order valence-corrected chi connectivity index (χ2v) is 13.5. The quantitative estimate of drug-likeness (QED) is 0.204. The van der Waals surface area contributed by atoms with Crippen LogP contribution in [0.4, 0.5) is 17.2 Å². The van der Waals surface area contributed by atoms with E-state index in [0.29, 0.717) is 17.1 Å². The smallest absolute Gasteiger partial charge is 0.293 e. The minimum atomic E-state index is -0.413. The first-order valence-corrected chi connectivity index (χ1v) is 16.7. The van der Waals surface area contributed by atoms with Gasteiger partial charge in [-0.25, -0.2) is 4.98 Å². The predicted octanol–water partition coefficient (Wildman–Crippen LogP) is 6.55. The van der Waals surface area contributed by atoms with Crippen molar-refractivity contribution in [2.75, 3.05) is 31.3 Å². The molecule has 0 fully saturated rings. The summed E-state index contributed by atoms with van der Waals surface area (Å²) in [6.45, 7) is 8.91. The predicted molar refractivity (Wildman–Crippen MR) is 187 cm³/mol. The van der Waals surface area contributed by atoms with E-state index in [9.17, 15) is 14.4 Å². The summed E-state index contributed by atoms with van der Waals surface area (Å²) in [5.74, 6) is 0.0932. The van der Waals surface area contributed by atoms with E-state index in [1.807, 2.05) is 55.5 Å². The topological polar surface area (TPSA) is 99.6 Å². The molecule has 1 unspecified atom stereocenters. The lowest BCUT2D eigenvalue weighted by molar-refractivity contribution is -0.135. The van der Waals surface area contributed by atoms with E-state index in [4.69, 9.17) is 4.98 Å². The largest absolute Gasteiger partial charge is 0.347 e. The molecule has 0 saturated carbocycles. The molecule has 10 heteroatoms. The van der Waals surface area contributed by atoms with E-state index in [1.54, 1.807) is 43.6 Å². The van der Waals surface area contributed by atoms with Crippen LogP contribution in [0, 0.1) is 6.92 Å². The molecule has 2 heterocycles. The summed E-state index contributed by atoms with van der Waals surface area (Å²) in [5.41, 5.74) is 5.59. The first-order chi connectivity index (χ1) is 22.0. The Morgan fingerprint density at radius 3 is 2.43 bits per heavy atom. The summed E-state index contributed by atoms with van der Waals surface area (Å²) in [4.78, 5) is 50.2. The number of likely N-dealkylation sites (N-methyl/N-ethyl adjacent to an activating group) is 2. The SMILES string of the molecule is CCN(C(C)C)C(C(=O)N(C)C)c1ccc(Nc2nc(-c3cccc(NC(=O)c4cc5c(s4)CCCC5)c3C)cn(C)c2=O)cc1. The zero-order chi connectivity index (χ0) is 33.1. The fourth-order valence-electron chi connectivity index (χ4n) is 6.10. The zero-order valence-electron chi connectivity index (χ0n) is 27.8. The Balaban J connectivity index is 1.40. The third kappa shape index (κ3) is 6.93. The van der Waals surface area contributed by atoms with Crippen LogP contribution in [-0.2, 0) is 24.7 Å². The Bertz CT molecular complexity index is 1770. The molecule has 0 aliphatic heterocycles. The number of carbonyl (C=O) groups excluding carboxylic acids is 2. The molecule has 9 nitrogen and oxygen atoms in total. The monoisotopic (exact) mass is 640 g/mol. The van der Waals surface area contributed by atoms with Gasteiger partial charge in [-0.1, -0.05) is 31.2 Å². The Hall–Kier alpha value is -4.28. The maximum Gasteiger partial charge on any atom is 0.293 e. The molecule has 2 aromatic heterocycles. The first kappa shape index (κ1) is 33.1. The molecule has 1 aliphatic carbocycles. The molecule has 0 bridgehead atoms. The van der Waals surface area contributed by atoms with Crippen molar-refractivity contribution in [1.82, 2.24) is 19.4 Å². The first-order valence-electron chi connectivity index (χ1n) is 15.9. The highest BCUT2D eigenvalue weighted by Crippen LogP contribution is 2.32. The number of aromatic nitrogens is 2. The van der Waals surface area contributed by atoms with Crippen molar-refractivity contribution in [3.63, 3.8) is 0 Å². The molecule has 46 heavy (non-hydrogen) atoms. The van der Waals surface area contributed by atoms with Crippen LogP contribution in [0.3, 0.4) is 0 Å². The maximum atomic E-state index is 13.2. The van der Waals surface area contributed by atoms with Gasteiger partial charge in [-0.3, -0.25) is 19.3 Å². The van der Waals surface area contributed by atoms with E-state index in [2.05, 4.69) is 36.3 Å². The van der Waals surface area contributed by atoms with Crippen molar-refractivity contribution >= 4 is 40.3 Å². The van der Waals surface area contributed by atoms with Crippen LogP contribution in [0.5, 0.6) is 0 Å². The van der Waals surface area contributed by atoms with Gasteiger partial charge in [0.1, 0.15) is 6.04 Å². The highest BCUT2D eigenvalue weighted by molar-refractivity contribution is 7.14. The standard InChI is InChI=1S/C36H44N6O3S/c1-8-42(22(2)3)32(35(44)40(5)6)24-16-18-26(19-17-24)37-33-36(45)41(7)21-29(38-33)27-13-11-14-28(23(27)4)39-34(43)31-20-25-12-9-10-15-30(25)46-31/h11,13-14,16-22,32H,8-10,12,15H2,1-7H3,(H,37,38)(H,39,43). The number of fused-ring (bicyclic) bond motifs is 1. The van der Waals surface area contributed by atoms with Crippen LogP contribution < -0.4 is 16.2 Å². The van der Waals surface area contributed by atoms with Crippen molar-refractivity contribution in [3.8, 4) is 11.3 Å². The number of benzene rings is 2. The summed E-state index contributed by atoms with van der Waals surface area (Å²) in [7, 11) is 5.24. The number of carbonyl (C=O) groups is 2. The van der Waals surface area contributed by atoms with E-state index < -0.39 is 6.04 Å². The van der Waals surface area contributed by atoms with Crippen LogP contribution in [-0.4, -0.2) is 57.8 Å². The average molecular weight is 641 g/mol. The minimum absolute atomic E-state index is 0.0165. The summed E-state index contributed by atoms with van der Waals surface area (Å²) < 4.78 is 1.51. The van der Waals surface area contributed by atoms with Gasteiger partial charge >= 0.3 is 0 Å². The fraction of sp³-hybridized carbons (Fsp3) is 0.389. The van der Waals surface area contributed by atoms with Crippen molar-refractivity contribution in [3.05, 3.63) is 91.5 Å². The van der Waals surface area contributed by atoms with Crippen LogP contribution in [0.15, 0.2) is 59.5 Å². The Kier molecular flexibility index (Phi) is 10.1. The lowest BCUT2D eigenvalue weighted by Gasteiger charge is -2.34. The molecule has 242 valence electrons. The minimum Gasteiger partial charge on any atom is -0.347 e. The Morgan fingerprint density at radius 2 is 1.78 bits per heavy atom. The lowest BCUT2D eigenvalue weighted by atomic mass is 9.99. The highest BCUT2D eigenvalue weighted by Gasteiger charge is 2.30. The third-order valence-corrected chi connectivity index (χ3v) is 9.91. The number of anilines is 3. The number of nitrogens with one attached hydrogen (secondary N) is 2. The van der Waals surface area contributed by atoms with Gasteiger partial charge in [0, 0.05) is 55.2 Å². The lowest BCUT2D eigenvalue weighted by Crippen LogP contribution is -2.43. The molecule has 2 aromatic carbocycles. The van der Waals surface area contributed by atoms with Gasteiger partial charge < -0.3 is 20.1 Å². The number of hydrogen-bond donors (Lipinski definition) is 2. The van der Waals surface area contributed by atoms with Crippen molar-refractivity contribution in [1.29, 1.82) is 0 Å². The number of nitrogens with zero attached hydrogens (tertiary/aromatic N) is 4. The van der Waals surface area contributed by atoms with Gasteiger partial charge in [0.25, 0.3) is 11.5 Å². The molecule has 1 atom stereocenters. The Morgan fingerprint density at radius 1 is 1.07 bits per heavy atom. The molecule has 1 aliphatic rings. The van der Waals surface area contributed by atoms with Crippen LogP contribution in [0.1, 0.15) is 70.9 Å². The molecule has 5 rings (SSSR count). The maximum absolute atomic E-state index is 13.2. The molecule has 0 radical (unpaired) electrons. The van der Waals surface area contributed by atoms with Gasteiger partial charge in [0.2, 0.25) is 5.91 Å². The number of aryl methyl sites for hydroxylation is 3. The second-order valence-electron chi connectivity index (χ2n) is 12.4. The van der Waals surface area contributed by atoms with Gasteiger partial charge in [-0.15, -0.1) is 11.3 Å². The van der Waals surface area contributed by atoms with Crippen molar-refractivity contribution < 1.29 is 9.59 Å². The van der Waals surface area contributed by atoms with E-state index >= 15 is 0 Å². The number of hydrogen-bond acceptors (Lipinski definition) is 7. The van der Waals surface area contributed by atoms with Gasteiger partial charge in [-0.2, -0.15) is 0 Å². The second kappa shape index (κ2) is 14.0. The van der Waals surface area contributed by atoms with Crippen molar-refractivity contribution in [2.45, 2.75) is 65.5 Å². The van der Waals surface area contributed by atoms with Crippen LogP contribution >= 0.6 is 11.3 Å². The molecule has 4 aromatic rings. The van der Waals surface area contributed by atoms with Gasteiger partial charge in [-0.05, 0) is 94.0 Å². The molecular weight excluding hydrogens is 597 g/mol. The summed E-state index contributed by atoms with van der Waals surface area (Å²) >= 11 is 1.59. The van der Waals surface area contributed by atoms with Gasteiger partial charge in [0.15, 0.2) is 5.82 Å². The highest BCUT2D eigenvalue weighted by atomic mass is 32.1. The van der Waals surface area contributed by atoms with Crippen LogP contribution in [0.25, 0.3) is 11.3 Å². The zero-order valence-corrected chi connectivity index (χ0v) is 28.6. The molecule has 0 spiro atoms. The van der Waals surface area contributed by atoms with E-state index in [1.165, 1.54) is 27.8 Å². The van der Waals surface area contributed by atoms with Gasteiger partial charge in [0.05, 0.1) is 10.6 Å². The van der Waals surface area contributed by atoms with Crippen molar-refractivity contribution in [2.24, 2.45) is 7.05 Å². The van der Waals surface area contributed by atoms with Crippen LogP contribution in [0.2, 0.25) is 0 Å². The summed E-state index contributed by atoms with van der Waals surface area (Å²) in [5, 5.41) is 6.30. The fourth-order valence-corrected chi connectivity index (χ4v) is 7.25. The molecule has 2 N–H and O–H groups in total. The average Bonchev–Trinajstić information content (AvgIpc) is 3.48. The molecule has 2 amide bonds.